The van der Waals surface area contributed by atoms with Crippen LogP contribution in [0.25, 0.3) is 0 Å². The number of carbonyl (C=O) groups is 1. The Morgan fingerprint density at radius 2 is 2.33 bits per heavy atom. The molecule has 5 nitrogen and oxygen atoms in total. The molecule has 0 aromatic carbocycles. The van der Waals surface area contributed by atoms with Crippen LogP contribution in [0.3, 0.4) is 0 Å². The number of nitrogens with zero attached hydrogens (tertiary/aromatic N) is 1. The van der Waals surface area contributed by atoms with Crippen LogP contribution in [0, 0.1) is 12.3 Å². The molecule has 1 amide bonds. The molecule has 21 heavy (non-hydrogen) atoms. The Morgan fingerprint density at radius 3 is 2.81 bits per heavy atom. The van der Waals surface area contributed by atoms with Crippen molar-refractivity contribution in [3.05, 3.63) is 16.1 Å². The fourth-order valence-corrected chi connectivity index (χ4v) is 3.58. The molecule has 3 unspecified atom stereocenters. The first-order valence-corrected chi connectivity index (χ1v) is 8.23. The monoisotopic (exact) mass is 311 g/mol. The van der Waals surface area contributed by atoms with Crippen LogP contribution in [0.15, 0.2) is 5.38 Å². The molecule has 1 aromatic rings. The summed E-state index contributed by atoms with van der Waals surface area (Å²) in [5, 5.41) is 5.88. The van der Waals surface area contributed by atoms with E-state index in [0.29, 0.717) is 13.0 Å². The first kappa shape index (κ1) is 16.4. The van der Waals surface area contributed by atoms with E-state index in [2.05, 4.69) is 10.3 Å². The van der Waals surface area contributed by atoms with E-state index in [9.17, 15) is 4.79 Å². The molecule has 1 aliphatic rings. The van der Waals surface area contributed by atoms with Crippen LogP contribution < -0.4 is 11.1 Å². The van der Waals surface area contributed by atoms with Gasteiger partial charge in [0.15, 0.2) is 0 Å². The zero-order valence-corrected chi connectivity index (χ0v) is 14.2. The number of ether oxygens (including phenoxy) is 1. The molecule has 0 saturated heterocycles. The van der Waals surface area contributed by atoms with Crippen molar-refractivity contribution in [1.29, 1.82) is 0 Å². The number of amides is 1. The van der Waals surface area contributed by atoms with Crippen LogP contribution in [-0.4, -0.2) is 29.1 Å². The van der Waals surface area contributed by atoms with Crippen molar-refractivity contribution in [3.63, 3.8) is 0 Å². The molecular weight excluding hydrogens is 286 g/mol. The minimum Gasteiger partial charge on any atom is -0.378 e. The summed E-state index contributed by atoms with van der Waals surface area (Å²) in [7, 11) is 0. The minimum atomic E-state index is -0.882. The lowest BCUT2D eigenvalue weighted by molar-refractivity contribution is -0.171. The minimum absolute atomic E-state index is 0.0377. The maximum Gasteiger partial charge on any atom is 0.241 e. The van der Waals surface area contributed by atoms with Crippen molar-refractivity contribution in [3.8, 4) is 0 Å². The molecule has 118 valence electrons. The Balaban J connectivity index is 2.04. The second-order valence-electron chi connectivity index (χ2n) is 6.36. The van der Waals surface area contributed by atoms with Gasteiger partial charge in [-0.05, 0) is 20.8 Å². The molecule has 2 rings (SSSR count). The predicted molar refractivity (Wildman–Crippen MR) is 84.1 cm³/mol. The van der Waals surface area contributed by atoms with E-state index in [0.717, 1.165) is 10.7 Å². The van der Waals surface area contributed by atoms with E-state index >= 15 is 0 Å². The van der Waals surface area contributed by atoms with Gasteiger partial charge >= 0.3 is 0 Å². The highest BCUT2D eigenvalue weighted by molar-refractivity contribution is 7.09. The van der Waals surface area contributed by atoms with Crippen LogP contribution in [0.1, 0.15) is 50.9 Å². The van der Waals surface area contributed by atoms with Crippen LogP contribution in [0.2, 0.25) is 0 Å². The third kappa shape index (κ3) is 2.72. The maximum absolute atomic E-state index is 12.6. The first-order chi connectivity index (χ1) is 9.72. The summed E-state index contributed by atoms with van der Waals surface area (Å²) in [4.78, 5) is 17.0. The highest BCUT2D eigenvalue weighted by atomic mass is 32.1. The molecule has 1 aliphatic carbocycles. The highest BCUT2D eigenvalue weighted by Gasteiger charge is 2.62. The average molecular weight is 311 g/mol. The topological polar surface area (TPSA) is 77.2 Å². The molecule has 3 N–H and O–H groups in total. The molecule has 6 heteroatoms. The van der Waals surface area contributed by atoms with Gasteiger partial charge in [-0.25, -0.2) is 4.98 Å². The molecule has 3 atom stereocenters. The van der Waals surface area contributed by atoms with Gasteiger partial charge in [-0.2, -0.15) is 0 Å². The largest absolute Gasteiger partial charge is 0.378 e. The number of carbonyl (C=O) groups excluding carboxylic acids is 1. The number of hydrogen-bond donors (Lipinski definition) is 2. The summed E-state index contributed by atoms with van der Waals surface area (Å²) in [5.74, 6) is -0.121. The van der Waals surface area contributed by atoms with Crippen LogP contribution in [0.4, 0.5) is 0 Å². The maximum atomic E-state index is 12.6. The number of thiazole rings is 1. The second-order valence-corrected chi connectivity index (χ2v) is 7.25. The van der Waals surface area contributed by atoms with Crippen molar-refractivity contribution < 1.29 is 9.53 Å². The standard InChI is InChI=1S/C15H25N3O2S/c1-6-20-11-7-15(16,14(11,4)5)13(19)18-10(3)12-17-9(2)8-21-12/h8,10-11H,6-7,16H2,1-5H3,(H,18,19). The lowest BCUT2D eigenvalue weighted by Gasteiger charge is -2.57. The van der Waals surface area contributed by atoms with Gasteiger partial charge in [0.1, 0.15) is 10.5 Å². The highest BCUT2D eigenvalue weighted by Crippen LogP contribution is 2.50. The van der Waals surface area contributed by atoms with Crippen molar-refractivity contribution in [2.24, 2.45) is 11.1 Å². The Bertz CT molecular complexity index is 529. The first-order valence-electron chi connectivity index (χ1n) is 7.36. The number of aryl methyl sites for hydroxylation is 1. The van der Waals surface area contributed by atoms with Crippen molar-refractivity contribution in [2.75, 3.05) is 6.61 Å². The van der Waals surface area contributed by atoms with Gasteiger partial charge in [-0.3, -0.25) is 4.79 Å². The lowest BCUT2D eigenvalue weighted by Crippen LogP contribution is -2.75. The normalized spacial score (nSPS) is 28.8. The summed E-state index contributed by atoms with van der Waals surface area (Å²) in [6, 6.07) is -0.126. The lowest BCUT2D eigenvalue weighted by atomic mass is 9.54. The number of hydrogen-bond acceptors (Lipinski definition) is 5. The summed E-state index contributed by atoms with van der Waals surface area (Å²) < 4.78 is 5.66. The quantitative estimate of drug-likeness (QED) is 0.873. The number of nitrogens with two attached hydrogens (primary N) is 1. The SMILES string of the molecule is CCOC1CC(N)(C(=O)NC(C)c2nc(C)cs2)C1(C)C. The molecule has 1 aromatic heterocycles. The summed E-state index contributed by atoms with van der Waals surface area (Å²) in [6.07, 6.45) is 0.596. The Morgan fingerprint density at radius 1 is 1.67 bits per heavy atom. The molecule has 0 spiro atoms. The summed E-state index contributed by atoms with van der Waals surface area (Å²) in [6.45, 7) is 10.5. The van der Waals surface area contributed by atoms with E-state index in [1.54, 1.807) is 11.3 Å². The van der Waals surface area contributed by atoms with Crippen LogP contribution in [0.5, 0.6) is 0 Å². The van der Waals surface area contributed by atoms with E-state index in [-0.39, 0.29) is 23.5 Å². The van der Waals surface area contributed by atoms with E-state index < -0.39 is 5.54 Å². The number of aromatic nitrogens is 1. The molecule has 1 heterocycles. The van der Waals surface area contributed by atoms with Crippen molar-refractivity contribution in [1.82, 2.24) is 10.3 Å². The summed E-state index contributed by atoms with van der Waals surface area (Å²) in [5.41, 5.74) is 6.09. The molecule has 0 bridgehead atoms. The fourth-order valence-electron chi connectivity index (χ4n) is 2.78. The fraction of sp³-hybridized carbons (Fsp3) is 0.733. The Kier molecular flexibility index (Phi) is 4.42. The van der Waals surface area contributed by atoms with Gasteiger partial charge in [0.2, 0.25) is 5.91 Å². The summed E-state index contributed by atoms with van der Waals surface area (Å²) >= 11 is 1.55. The smallest absolute Gasteiger partial charge is 0.241 e. The average Bonchev–Trinajstić information content (AvgIpc) is 2.84. The zero-order chi connectivity index (χ0) is 15.8. The second kappa shape index (κ2) is 5.66. The van der Waals surface area contributed by atoms with E-state index in [1.165, 1.54) is 0 Å². The molecule has 1 fully saturated rings. The van der Waals surface area contributed by atoms with E-state index in [4.69, 9.17) is 10.5 Å². The molecule has 1 saturated carbocycles. The van der Waals surface area contributed by atoms with Crippen molar-refractivity contribution >= 4 is 17.2 Å². The van der Waals surface area contributed by atoms with Gasteiger partial charge in [0, 0.05) is 29.5 Å². The third-order valence-electron chi connectivity index (χ3n) is 4.59. The number of rotatable bonds is 5. The van der Waals surface area contributed by atoms with Gasteiger partial charge in [0.25, 0.3) is 0 Å². The molecular formula is C15H25N3O2S. The number of nitrogens with one attached hydrogen (secondary N) is 1. The molecule has 0 radical (unpaired) electrons. The van der Waals surface area contributed by atoms with Crippen LogP contribution in [-0.2, 0) is 9.53 Å². The Hall–Kier alpha value is -0.980. The van der Waals surface area contributed by atoms with E-state index in [1.807, 2.05) is 40.0 Å². The Labute approximate surface area is 130 Å². The predicted octanol–water partition coefficient (Wildman–Crippen LogP) is 2.16. The van der Waals surface area contributed by atoms with Gasteiger partial charge in [-0.1, -0.05) is 13.8 Å². The zero-order valence-electron chi connectivity index (χ0n) is 13.4. The van der Waals surface area contributed by atoms with Gasteiger partial charge in [-0.15, -0.1) is 11.3 Å². The van der Waals surface area contributed by atoms with Crippen molar-refractivity contribution in [2.45, 2.75) is 58.7 Å². The third-order valence-corrected chi connectivity index (χ3v) is 5.74. The van der Waals surface area contributed by atoms with Crippen LogP contribution >= 0.6 is 11.3 Å². The van der Waals surface area contributed by atoms with Gasteiger partial charge < -0.3 is 15.8 Å². The molecule has 0 aliphatic heterocycles. The van der Waals surface area contributed by atoms with Gasteiger partial charge in [0.05, 0.1) is 12.1 Å².